The lowest BCUT2D eigenvalue weighted by Crippen LogP contribution is -2.39. The Kier molecular flexibility index (Phi) is 3.40. The number of aliphatic carboxylic acids is 1. The van der Waals surface area contributed by atoms with Gasteiger partial charge in [0, 0.05) is 18.5 Å². The molecule has 2 N–H and O–H groups in total. The van der Waals surface area contributed by atoms with Crippen molar-refractivity contribution in [1.82, 2.24) is 10.2 Å². The Balaban J connectivity index is 1.85. The van der Waals surface area contributed by atoms with Gasteiger partial charge in [0.2, 0.25) is 11.8 Å². The summed E-state index contributed by atoms with van der Waals surface area (Å²) in [6.45, 7) is -0.122. The summed E-state index contributed by atoms with van der Waals surface area (Å²) in [4.78, 5) is 47.2. The molecule has 114 valence electrons. The zero-order valence-electron chi connectivity index (χ0n) is 11.7. The maximum absolute atomic E-state index is 12.1. The molecule has 1 aromatic carbocycles. The van der Waals surface area contributed by atoms with Crippen LogP contribution in [0.4, 0.5) is 0 Å². The first-order valence-electron chi connectivity index (χ1n) is 6.93. The van der Waals surface area contributed by atoms with Crippen LogP contribution in [0.25, 0.3) is 0 Å². The van der Waals surface area contributed by atoms with E-state index in [-0.39, 0.29) is 37.2 Å². The monoisotopic (exact) mass is 302 g/mol. The molecule has 0 saturated carbocycles. The minimum absolute atomic E-state index is 0.224. The maximum atomic E-state index is 12.1. The van der Waals surface area contributed by atoms with E-state index in [9.17, 15) is 19.2 Å². The van der Waals surface area contributed by atoms with Crippen LogP contribution in [-0.4, -0.2) is 40.2 Å². The first-order valence-corrected chi connectivity index (χ1v) is 6.93. The quantitative estimate of drug-likeness (QED) is 0.779. The highest BCUT2D eigenvalue weighted by molar-refractivity contribution is 6.02. The largest absolute Gasteiger partial charge is 0.480 e. The summed E-state index contributed by atoms with van der Waals surface area (Å²) < 4.78 is 0. The fraction of sp³-hybridized carbons (Fsp3) is 0.333. The van der Waals surface area contributed by atoms with Gasteiger partial charge in [0.1, 0.15) is 6.54 Å². The van der Waals surface area contributed by atoms with Crippen molar-refractivity contribution in [3.63, 3.8) is 0 Å². The standard InChI is InChI=1S/C15H14N2O5/c18-12-4-3-10(14(21)16-12)8-1-2-11-9(5-8)6-17(15(11)22)7-13(19)20/h1-2,5,10H,3-4,6-7H2,(H,19,20)(H,16,18,21). The zero-order valence-corrected chi connectivity index (χ0v) is 11.7. The Morgan fingerprint density at radius 3 is 2.77 bits per heavy atom. The third-order valence-electron chi connectivity index (χ3n) is 3.98. The van der Waals surface area contributed by atoms with Crippen LogP contribution in [0, 0.1) is 0 Å². The van der Waals surface area contributed by atoms with Gasteiger partial charge in [-0.1, -0.05) is 12.1 Å². The van der Waals surface area contributed by atoms with Crippen LogP contribution >= 0.6 is 0 Å². The zero-order chi connectivity index (χ0) is 15.9. The molecule has 2 heterocycles. The van der Waals surface area contributed by atoms with Gasteiger partial charge in [0.15, 0.2) is 0 Å². The topological polar surface area (TPSA) is 104 Å². The molecule has 1 atom stereocenters. The lowest BCUT2D eigenvalue weighted by atomic mass is 9.89. The fourth-order valence-corrected chi connectivity index (χ4v) is 2.92. The molecule has 0 radical (unpaired) electrons. The summed E-state index contributed by atoms with van der Waals surface area (Å²) in [5.74, 6) is -2.39. The van der Waals surface area contributed by atoms with Crippen LogP contribution in [0.5, 0.6) is 0 Å². The number of carbonyl (C=O) groups excluding carboxylic acids is 3. The number of hydrogen-bond donors (Lipinski definition) is 2. The number of carboxylic acid groups (broad SMARTS) is 1. The van der Waals surface area contributed by atoms with Crippen molar-refractivity contribution in [3.8, 4) is 0 Å². The SMILES string of the molecule is O=C(O)CN1Cc2cc(C3CCC(=O)NC3=O)ccc2C1=O. The van der Waals surface area contributed by atoms with Crippen LogP contribution in [0.15, 0.2) is 18.2 Å². The van der Waals surface area contributed by atoms with Crippen molar-refractivity contribution in [3.05, 3.63) is 34.9 Å². The number of benzene rings is 1. The highest BCUT2D eigenvalue weighted by Gasteiger charge is 2.32. The van der Waals surface area contributed by atoms with E-state index in [4.69, 9.17) is 5.11 Å². The van der Waals surface area contributed by atoms with Crippen LogP contribution < -0.4 is 5.32 Å². The number of nitrogens with zero attached hydrogens (tertiary/aromatic N) is 1. The van der Waals surface area contributed by atoms with E-state index in [0.29, 0.717) is 17.5 Å². The van der Waals surface area contributed by atoms with Gasteiger partial charge in [-0.25, -0.2) is 0 Å². The molecule has 3 rings (SSSR count). The summed E-state index contributed by atoms with van der Waals surface area (Å²) >= 11 is 0. The Morgan fingerprint density at radius 1 is 1.32 bits per heavy atom. The fourth-order valence-electron chi connectivity index (χ4n) is 2.92. The number of amides is 3. The molecular weight excluding hydrogens is 288 g/mol. The number of fused-ring (bicyclic) bond motifs is 1. The minimum atomic E-state index is -1.06. The Labute approximate surface area is 125 Å². The molecule has 22 heavy (non-hydrogen) atoms. The van der Waals surface area contributed by atoms with Crippen molar-refractivity contribution in [2.45, 2.75) is 25.3 Å². The van der Waals surface area contributed by atoms with E-state index in [1.807, 2.05) is 0 Å². The highest BCUT2D eigenvalue weighted by atomic mass is 16.4. The summed E-state index contributed by atoms with van der Waals surface area (Å²) in [7, 11) is 0. The summed E-state index contributed by atoms with van der Waals surface area (Å²) in [6.07, 6.45) is 0.730. The molecule has 1 fully saturated rings. The second-order valence-corrected chi connectivity index (χ2v) is 5.48. The van der Waals surface area contributed by atoms with Gasteiger partial charge < -0.3 is 10.0 Å². The molecule has 7 heteroatoms. The number of hydrogen-bond acceptors (Lipinski definition) is 4. The lowest BCUT2D eigenvalue weighted by Gasteiger charge is -2.21. The molecule has 2 aliphatic rings. The highest BCUT2D eigenvalue weighted by Crippen LogP contribution is 2.30. The number of carbonyl (C=O) groups is 4. The lowest BCUT2D eigenvalue weighted by molar-refractivity contribution is -0.138. The average molecular weight is 302 g/mol. The van der Waals surface area contributed by atoms with Gasteiger partial charge in [-0.3, -0.25) is 24.5 Å². The van der Waals surface area contributed by atoms with Gasteiger partial charge >= 0.3 is 5.97 Å². The summed E-state index contributed by atoms with van der Waals surface area (Å²) in [5.41, 5.74) is 1.93. The molecule has 1 unspecified atom stereocenters. The van der Waals surface area contributed by atoms with Gasteiger partial charge in [-0.05, 0) is 23.6 Å². The Hall–Kier alpha value is -2.70. The van der Waals surface area contributed by atoms with Crippen molar-refractivity contribution in [2.75, 3.05) is 6.54 Å². The van der Waals surface area contributed by atoms with E-state index >= 15 is 0 Å². The summed E-state index contributed by atoms with van der Waals surface area (Å²) in [6, 6.07) is 5.08. The second kappa shape index (κ2) is 5.25. The molecule has 0 aromatic heterocycles. The number of carboxylic acids is 1. The molecule has 0 aliphatic carbocycles. The van der Waals surface area contributed by atoms with E-state index in [1.54, 1.807) is 18.2 Å². The predicted octanol–water partition coefficient (Wildman–Crippen LogP) is 0.247. The second-order valence-electron chi connectivity index (χ2n) is 5.48. The molecule has 1 saturated heterocycles. The number of nitrogens with one attached hydrogen (secondary N) is 1. The van der Waals surface area contributed by atoms with Crippen molar-refractivity contribution in [1.29, 1.82) is 0 Å². The third-order valence-corrected chi connectivity index (χ3v) is 3.98. The Morgan fingerprint density at radius 2 is 2.09 bits per heavy atom. The van der Waals surface area contributed by atoms with Crippen LogP contribution in [0.2, 0.25) is 0 Å². The van der Waals surface area contributed by atoms with Crippen LogP contribution in [0.1, 0.15) is 40.2 Å². The van der Waals surface area contributed by atoms with E-state index < -0.39 is 11.9 Å². The maximum Gasteiger partial charge on any atom is 0.323 e. The van der Waals surface area contributed by atoms with E-state index in [2.05, 4.69) is 5.32 Å². The van der Waals surface area contributed by atoms with Gasteiger partial charge in [0.05, 0.1) is 5.92 Å². The van der Waals surface area contributed by atoms with Crippen LogP contribution in [-0.2, 0) is 20.9 Å². The van der Waals surface area contributed by atoms with E-state index in [1.165, 1.54) is 4.90 Å². The molecule has 0 bridgehead atoms. The molecular formula is C15H14N2O5. The van der Waals surface area contributed by atoms with Crippen molar-refractivity contribution < 1.29 is 24.3 Å². The van der Waals surface area contributed by atoms with Crippen molar-refractivity contribution >= 4 is 23.7 Å². The molecule has 2 aliphatic heterocycles. The number of rotatable bonds is 3. The molecule has 0 spiro atoms. The number of imide groups is 1. The molecule has 3 amide bonds. The first-order chi connectivity index (χ1) is 10.5. The van der Waals surface area contributed by atoms with E-state index in [0.717, 1.165) is 5.56 Å². The van der Waals surface area contributed by atoms with Crippen molar-refractivity contribution in [2.24, 2.45) is 0 Å². The van der Waals surface area contributed by atoms with Crippen LogP contribution in [0.3, 0.4) is 0 Å². The third kappa shape index (κ3) is 2.45. The average Bonchev–Trinajstić information content (AvgIpc) is 2.74. The normalized spacial score (nSPS) is 20.8. The number of piperidine rings is 1. The first kappa shape index (κ1) is 14.2. The molecule has 7 nitrogen and oxygen atoms in total. The van der Waals surface area contributed by atoms with Gasteiger partial charge in [-0.15, -0.1) is 0 Å². The molecule has 1 aromatic rings. The minimum Gasteiger partial charge on any atom is -0.480 e. The predicted molar refractivity (Wildman–Crippen MR) is 73.9 cm³/mol. The van der Waals surface area contributed by atoms with Gasteiger partial charge in [-0.2, -0.15) is 0 Å². The van der Waals surface area contributed by atoms with Gasteiger partial charge in [0.25, 0.3) is 5.91 Å². The summed E-state index contributed by atoms with van der Waals surface area (Å²) in [5, 5.41) is 11.1. The smallest absolute Gasteiger partial charge is 0.323 e. The Bertz CT molecular complexity index is 697.